The summed E-state index contributed by atoms with van der Waals surface area (Å²) < 4.78 is 22.9. The van der Waals surface area contributed by atoms with Gasteiger partial charge in [-0.15, -0.1) is 0 Å². The number of ether oxygens (including phenoxy) is 4. The molecule has 2 fully saturated rings. The standard InChI is InChI=1S/C77H143NO13/c1-3-5-7-9-11-13-15-17-19-21-23-24-25-26-27-28-29-30-31-32-33-34-35-36-37-38-39-40-41-42-43-45-47-49-51-53-55-57-59-61-69(82)78-65(66(81)60-58-56-54-52-50-48-46-44-22-20-18-16-14-12-10-8-6-4-2)64-88-76-74(87)72(85)75(68(63-80)90-76)91-77-73(86)71(84)70(83)67(62-79)89-77/h15,17,21,23,25-26,58,60,65-68,70-77,79-81,83-87H,3-14,16,18-20,22,24,27-57,59,61-64H2,1-2H3,(H,78,82)/b17-15-,23-21-,26-25-,60-58+. The SMILES string of the molecule is CCCCCCC/C=C\C/C=C\C/C=C\CCCCCCCCCCCCCCCCCCCCCCCCCCC(=O)NC(COC1OC(CO)C(OC2OC(CO)C(O)C(O)C2O)C(O)C1O)C(O)/C=C/CCCCCCCCCCCCCCCCCC. The molecule has 0 spiro atoms. The first kappa shape index (κ1) is 85.0. The van der Waals surface area contributed by atoms with E-state index in [4.69, 9.17) is 18.9 Å². The van der Waals surface area contributed by atoms with Crippen molar-refractivity contribution in [3.05, 3.63) is 48.6 Å². The number of rotatable bonds is 64. The smallest absolute Gasteiger partial charge is 0.220 e. The summed E-state index contributed by atoms with van der Waals surface area (Å²) in [6.45, 7) is 2.83. The van der Waals surface area contributed by atoms with Crippen molar-refractivity contribution >= 4 is 5.91 Å². The molecule has 14 nitrogen and oxygen atoms in total. The Labute approximate surface area is 556 Å². The zero-order chi connectivity index (χ0) is 65.9. The van der Waals surface area contributed by atoms with E-state index < -0.39 is 86.8 Å². The molecule has 0 aromatic rings. The highest BCUT2D eigenvalue weighted by Gasteiger charge is 2.51. The minimum Gasteiger partial charge on any atom is -0.394 e. The van der Waals surface area contributed by atoms with E-state index in [-0.39, 0.29) is 18.9 Å². The van der Waals surface area contributed by atoms with Crippen LogP contribution in [0.25, 0.3) is 0 Å². The zero-order valence-electron chi connectivity index (χ0n) is 58.3. The molecular weight excluding hydrogens is 1150 g/mol. The van der Waals surface area contributed by atoms with E-state index in [1.807, 2.05) is 6.08 Å². The number of carbonyl (C=O) groups excluding carboxylic acids is 1. The van der Waals surface area contributed by atoms with Gasteiger partial charge in [0.15, 0.2) is 12.6 Å². The molecule has 1 amide bonds. The Morgan fingerprint density at radius 2 is 0.725 bits per heavy atom. The second kappa shape index (κ2) is 61.5. The molecule has 91 heavy (non-hydrogen) atoms. The molecule has 534 valence electrons. The number of allylic oxidation sites excluding steroid dienone is 7. The summed E-state index contributed by atoms with van der Waals surface area (Å²) in [6.07, 6.45) is 64.8. The quantitative estimate of drug-likeness (QED) is 0.0204. The third kappa shape index (κ3) is 45.2. The van der Waals surface area contributed by atoms with E-state index >= 15 is 0 Å². The number of hydrogen-bond donors (Lipinski definition) is 9. The fraction of sp³-hybridized carbons (Fsp3) is 0.883. The molecule has 2 heterocycles. The lowest BCUT2D eigenvalue weighted by atomic mass is 9.97. The molecule has 12 atom stereocenters. The molecule has 9 N–H and O–H groups in total. The summed E-state index contributed by atoms with van der Waals surface area (Å²) >= 11 is 0. The monoisotopic (exact) mass is 1290 g/mol. The van der Waals surface area contributed by atoms with Crippen LogP contribution in [0.4, 0.5) is 0 Å². The van der Waals surface area contributed by atoms with Crippen molar-refractivity contribution in [3.63, 3.8) is 0 Å². The van der Waals surface area contributed by atoms with Crippen molar-refractivity contribution in [3.8, 4) is 0 Å². The van der Waals surface area contributed by atoms with Crippen molar-refractivity contribution < 1.29 is 64.6 Å². The van der Waals surface area contributed by atoms with Gasteiger partial charge in [-0.05, 0) is 57.8 Å². The molecule has 0 bridgehead atoms. The van der Waals surface area contributed by atoms with Gasteiger partial charge >= 0.3 is 0 Å². The lowest BCUT2D eigenvalue weighted by Gasteiger charge is -2.46. The van der Waals surface area contributed by atoms with Gasteiger partial charge in [0.25, 0.3) is 0 Å². The Kier molecular flexibility index (Phi) is 57.5. The number of carbonyl (C=O) groups is 1. The molecule has 12 unspecified atom stereocenters. The van der Waals surface area contributed by atoms with E-state index in [2.05, 4.69) is 55.6 Å². The predicted octanol–water partition coefficient (Wildman–Crippen LogP) is 16.6. The van der Waals surface area contributed by atoms with Crippen LogP contribution in [-0.4, -0.2) is 140 Å². The van der Waals surface area contributed by atoms with Crippen molar-refractivity contribution in [2.45, 2.75) is 415 Å². The molecule has 0 saturated carbocycles. The van der Waals surface area contributed by atoms with Crippen LogP contribution >= 0.6 is 0 Å². The second-order valence-electron chi connectivity index (χ2n) is 27.1. The summed E-state index contributed by atoms with van der Waals surface area (Å²) in [7, 11) is 0. The van der Waals surface area contributed by atoms with Crippen LogP contribution in [0.5, 0.6) is 0 Å². The molecule has 0 aliphatic carbocycles. The average molecular weight is 1290 g/mol. The highest BCUT2D eigenvalue weighted by molar-refractivity contribution is 5.76. The van der Waals surface area contributed by atoms with Gasteiger partial charge in [0, 0.05) is 6.42 Å². The molecule has 0 radical (unpaired) electrons. The highest BCUT2D eigenvalue weighted by atomic mass is 16.7. The largest absolute Gasteiger partial charge is 0.394 e. The van der Waals surface area contributed by atoms with Crippen molar-refractivity contribution in [1.82, 2.24) is 5.32 Å². The lowest BCUT2D eigenvalue weighted by Crippen LogP contribution is -2.65. The fourth-order valence-electron chi connectivity index (χ4n) is 12.7. The van der Waals surface area contributed by atoms with Crippen LogP contribution < -0.4 is 5.32 Å². The van der Waals surface area contributed by atoms with Crippen LogP contribution in [-0.2, 0) is 23.7 Å². The van der Waals surface area contributed by atoms with Crippen LogP contribution in [0.1, 0.15) is 341 Å². The third-order valence-electron chi connectivity index (χ3n) is 18.8. The maximum absolute atomic E-state index is 13.3. The minimum absolute atomic E-state index is 0.233. The first-order valence-corrected chi connectivity index (χ1v) is 38.4. The van der Waals surface area contributed by atoms with E-state index in [9.17, 15) is 45.6 Å². The highest BCUT2D eigenvalue weighted by Crippen LogP contribution is 2.30. The summed E-state index contributed by atoms with van der Waals surface area (Å²) in [5.41, 5.74) is 0. The average Bonchev–Trinajstić information content (AvgIpc) is 1.19. The number of nitrogens with one attached hydrogen (secondary N) is 1. The Bertz CT molecular complexity index is 1710. The van der Waals surface area contributed by atoms with Crippen LogP contribution in [0.2, 0.25) is 0 Å². The number of hydrogen-bond acceptors (Lipinski definition) is 13. The van der Waals surface area contributed by atoms with Gasteiger partial charge in [0.05, 0.1) is 32.0 Å². The lowest BCUT2D eigenvalue weighted by molar-refractivity contribution is -0.359. The normalized spacial score (nSPS) is 23.0. The summed E-state index contributed by atoms with van der Waals surface area (Å²) in [5.74, 6) is -0.233. The molecule has 0 aromatic carbocycles. The van der Waals surface area contributed by atoms with Gasteiger partial charge in [0.1, 0.15) is 48.8 Å². The van der Waals surface area contributed by atoms with Crippen LogP contribution in [0, 0.1) is 0 Å². The maximum atomic E-state index is 13.3. The van der Waals surface area contributed by atoms with E-state index in [1.165, 1.54) is 263 Å². The Morgan fingerprint density at radius 1 is 0.396 bits per heavy atom. The molecule has 0 aromatic heterocycles. The van der Waals surface area contributed by atoms with Crippen molar-refractivity contribution in [1.29, 1.82) is 0 Å². The number of aliphatic hydroxyl groups excluding tert-OH is 8. The topological polar surface area (TPSA) is 228 Å². The van der Waals surface area contributed by atoms with Crippen LogP contribution in [0.15, 0.2) is 48.6 Å². The van der Waals surface area contributed by atoms with Crippen molar-refractivity contribution in [2.24, 2.45) is 0 Å². The summed E-state index contributed by atoms with van der Waals surface area (Å²) in [5, 5.41) is 87.5. The fourth-order valence-corrected chi connectivity index (χ4v) is 12.7. The molecule has 2 saturated heterocycles. The van der Waals surface area contributed by atoms with Gasteiger partial charge in [-0.1, -0.05) is 326 Å². The summed E-state index contributed by atoms with van der Waals surface area (Å²) in [6, 6.07) is -0.914. The predicted molar refractivity (Wildman–Crippen MR) is 374 cm³/mol. The minimum atomic E-state index is -1.79. The van der Waals surface area contributed by atoms with Crippen molar-refractivity contribution in [2.75, 3.05) is 19.8 Å². The Balaban J connectivity index is 1.57. The second-order valence-corrected chi connectivity index (χ2v) is 27.1. The van der Waals surface area contributed by atoms with E-state index in [1.54, 1.807) is 6.08 Å². The van der Waals surface area contributed by atoms with Gasteiger partial charge in [0.2, 0.25) is 5.91 Å². The Hall–Kier alpha value is -2.05. The Morgan fingerprint density at radius 3 is 1.11 bits per heavy atom. The molecule has 2 aliphatic heterocycles. The third-order valence-corrected chi connectivity index (χ3v) is 18.8. The summed E-state index contributed by atoms with van der Waals surface area (Å²) in [4.78, 5) is 13.3. The maximum Gasteiger partial charge on any atom is 0.220 e. The zero-order valence-corrected chi connectivity index (χ0v) is 58.3. The molecule has 14 heteroatoms. The van der Waals surface area contributed by atoms with Gasteiger partial charge in [-0.3, -0.25) is 4.79 Å². The first-order chi connectivity index (χ1) is 44.6. The molecule has 2 rings (SSSR count). The van der Waals surface area contributed by atoms with Crippen LogP contribution in [0.3, 0.4) is 0 Å². The van der Waals surface area contributed by atoms with Gasteiger partial charge in [-0.25, -0.2) is 0 Å². The van der Waals surface area contributed by atoms with E-state index in [0.717, 1.165) is 51.4 Å². The number of unbranched alkanes of at least 4 members (excludes halogenated alkanes) is 45. The molecule has 2 aliphatic rings. The first-order valence-electron chi connectivity index (χ1n) is 38.4. The molecular formula is C77H143NO13. The van der Waals surface area contributed by atoms with Gasteiger partial charge in [-0.2, -0.15) is 0 Å². The van der Waals surface area contributed by atoms with Gasteiger partial charge < -0.3 is 65.1 Å². The number of aliphatic hydroxyl groups is 8. The number of amides is 1. The van der Waals surface area contributed by atoms with E-state index in [0.29, 0.717) is 6.42 Å².